The van der Waals surface area contributed by atoms with Gasteiger partial charge in [-0.2, -0.15) is 0 Å². The molecule has 0 aromatic heterocycles. The topological polar surface area (TPSA) is 178 Å². The molecule has 4 N–H and O–H groups in total. The number of benzene rings is 1. The second kappa shape index (κ2) is 36.3. The number of rotatable bonds is 41. The van der Waals surface area contributed by atoms with E-state index in [9.17, 15) is 24.9 Å². The van der Waals surface area contributed by atoms with Crippen LogP contribution in [-0.4, -0.2) is 116 Å². The summed E-state index contributed by atoms with van der Waals surface area (Å²) in [5.41, 5.74) is 2.41. The quantitative estimate of drug-likeness (QED) is 0.0279. The van der Waals surface area contributed by atoms with Gasteiger partial charge in [-0.15, -0.1) is 6.58 Å². The van der Waals surface area contributed by atoms with Crippen molar-refractivity contribution in [2.45, 2.75) is 205 Å². The number of oxime groups is 1. The average Bonchev–Trinajstić information content (AvgIpc) is 3.38. The fourth-order valence-electron chi connectivity index (χ4n) is 11.3. The van der Waals surface area contributed by atoms with Crippen LogP contribution in [0.1, 0.15) is 199 Å². The van der Waals surface area contributed by atoms with Crippen molar-refractivity contribution in [3.05, 3.63) is 48.1 Å². The van der Waals surface area contributed by atoms with Crippen molar-refractivity contribution in [1.82, 2.24) is 10.2 Å². The van der Waals surface area contributed by atoms with Crippen molar-refractivity contribution >= 4 is 17.9 Å². The zero-order valence-electron chi connectivity index (χ0n) is 44.9. The van der Waals surface area contributed by atoms with E-state index in [2.05, 4.69) is 37.0 Å². The highest BCUT2D eigenvalue weighted by Crippen LogP contribution is 2.62. The number of hydrogen-bond acceptors (Lipinski definition) is 12. The molecule has 1 fully saturated rings. The molecule has 0 saturated heterocycles. The molecule has 14 nitrogen and oxygen atoms in total. The number of nitrogens with zero attached hydrogens (tertiary/aromatic N) is 2. The molecule has 2 amide bonds. The monoisotopic (exact) mass is 1010 g/mol. The molecule has 1 aromatic rings. The number of ether oxygens (including phenoxy) is 5. The highest BCUT2D eigenvalue weighted by Gasteiger charge is 2.65. The number of carbonyl (C=O) groups excluding carboxylic acids is 2. The lowest BCUT2D eigenvalue weighted by Crippen LogP contribution is -2.70. The van der Waals surface area contributed by atoms with Crippen LogP contribution >= 0.6 is 0 Å². The first kappa shape index (κ1) is 60.9. The molecule has 0 bridgehead atoms. The lowest BCUT2D eigenvalue weighted by atomic mass is 9.55. The molecule has 72 heavy (non-hydrogen) atoms. The maximum Gasteiger partial charge on any atom is 0.412 e. The number of unbranched alkanes of at least 4 members (excludes halogenated alkanes) is 20. The fraction of sp³-hybridized carbons (Fsp3) is 0.776. The van der Waals surface area contributed by atoms with Crippen LogP contribution in [0.4, 0.5) is 9.59 Å². The van der Waals surface area contributed by atoms with Crippen molar-refractivity contribution in [1.29, 1.82) is 0 Å². The molecule has 3 aliphatic rings. The molecule has 1 heterocycles. The number of allylic oxidation sites excluding steroid dienone is 1. The molecule has 1 aromatic carbocycles. The largest absolute Gasteiger partial charge is 0.459 e. The SMILES string of the molecule is C=CCOC12Oc3ccc(OC(=O)NCCCCCCCCCCCC)cc3C3C(CCCCO)C(CCCCO)C=C(C(=NOC)CC1N(CCOCCO)C(=O)OCCCCCCCCCCCC)C32. The van der Waals surface area contributed by atoms with Crippen LogP contribution in [0.2, 0.25) is 0 Å². The number of aliphatic hydroxyl groups excluding tert-OH is 3. The minimum atomic E-state index is -1.49. The van der Waals surface area contributed by atoms with Crippen LogP contribution in [0.3, 0.4) is 0 Å². The lowest BCUT2D eigenvalue weighted by Gasteiger charge is -2.59. The van der Waals surface area contributed by atoms with Crippen LogP contribution < -0.4 is 14.8 Å². The van der Waals surface area contributed by atoms with Crippen LogP contribution in [-0.2, 0) is 19.0 Å². The average molecular weight is 1010 g/mol. The minimum absolute atomic E-state index is 0.00839. The van der Waals surface area contributed by atoms with Crippen LogP contribution in [0.15, 0.2) is 47.7 Å². The van der Waals surface area contributed by atoms with Crippen molar-refractivity contribution in [2.24, 2.45) is 22.9 Å². The van der Waals surface area contributed by atoms with Gasteiger partial charge in [0.25, 0.3) is 0 Å². The lowest BCUT2D eigenvalue weighted by molar-refractivity contribution is -0.256. The summed E-state index contributed by atoms with van der Waals surface area (Å²) in [6.07, 6.45) is 31.2. The number of aliphatic hydroxyl groups is 3. The van der Waals surface area contributed by atoms with Gasteiger partial charge in [0.15, 0.2) is 0 Å². The number of fused-ring (bicyclic) bond motifs is 2. The number of amides is 2. The summed E-state index contributed by atoms with van der Waals surface area (Å²) in [5, 5.41) is 37.2. The van der Waals surface area contributed by atoms with Crippen molar-refractivity contribution < 1.29 is 53.4 Å². The molecule has 14 heteroatoms. The van der Waals surface area contributed by atoms with Crippen molar-refractivity contribution in [2.75, 3.05) is 66.4 Å². The summed E-state index contributed by atoms with van der Waals surface area (Å²) in [7, 11) is 1.52. The highest BCUT2D eigenvalue weighted by atomic mass is 16.7. The second-order valence-corrected chi connectivity index (χ2v) is 20.3. The molecule has 1 saturated carbocycles. The fourth-order valence-corrected chi connectivity index (χ4v) is 11.3. The van der Waals surface area contributed by atoms with Gasteiger partial charge in [0.05, 0.1) is 44.7 Å². The highest BCUT2D eigenvalue weighted by molar-refractivity contribution is 6.03. The Kier molecular flexibility index (Phi) is 30.7. The maximum atomic E-state index is 14.7. The van der Waals surface area contributed by atoms with Gasteiger partial charge in [-0.05, 0) is 74.1 Å². The van der Waals surface area contributed by atoms with E-state index >= 15 is 0 Å². The molecular formula is C58H97N3O11. The number of nitrogens with one attached hydrogen (secondary N) is 1. The second-order valence-electron chi connectivity index (χ2n) is 20.3. The van der Waals surface area contributed by atoms with E-state index in [1.165, 1.54) is 97.0 Å². The molecule has 0 radical (unpaired) electrons. The summed E-state index contributed by atoms with van der Waals surface area (Å²) >= 11 is 0. The van der Waals surface area contributed by atoms with Crippen LogP contribution in [0.5, 0.6) is 11.5 Å². The minimum Gasteiger partial charge on any atom is -0.459 e. The third-order valence-corrected chi connectivity index (χ3v) is 14.9. The predicted octanol–water partition coefficient (Wildman–Crippen LogP) is 12.3. The molecule has 2 aliphatic carbocycles. The van der Waals surface area contributed by atoms with E-state index < -0.39 is 29.9 Å². The Labute approximate surface area is 434 Å². The van der Waals surface area contributed by atoms with Gasteiger partial charge in [-0.3, -0.25) is 4.90 Å². The summed E-state index contributed by atoms with van der Waals surface area (Å²) in [5.74, 6) is -1.36. The van der Waals surface area contributed by atoms with E-state index in [0.29, 0.717) is 36.6 Å². The molecule has 0 spiro atoms. The zero-order chi connectivity index (χ0) is 51.7. The molecule has 6 atom stereocenters. The van der Waals surface area contributed by atoms with E-state index in [0.717, 1.165) is 75.3 Å². The third kappa shape index (κ3) is 19.5. The van der Waals surface area contributed by atoms with Gasteiger partial charge < -0.3 is 49.2 Å². The Morgan fingerprint density at radius 2 is 1.42 bits per heavy atom. The summed E-state index contributed by atoms with van der Waals surface area (Å²) in [4.78, 5) is 35.3. The van der Waals surface area contributed by atoms with Gasteiger partial charge in [0, 0.05) is 44.2 Å². The molecular weight excluding hydrogens is 915 g/mol. The van der Waals surface area contributed by atoms with Crippen molar-refractivity contribution in [3.8, 4) is 11.5 Å². The standard InChI is InChI=1S/C58H97N3O11/c1-5-8-10-12-14-16-18-20-22-26-34-59-56(65)71-47-32-33-52-50(44-47)54-48(31-25-28-37-63)46(30-24-27-36-62)43-49-51(60-67-4)45-53(58(72-52,55(49)54)70-39-7-3)61(35-41-68-42-38-64)57(66)69-40-29-23-21-19-17-15-13-11-9-6-2/h7,32-33,43-44,46,48,53-55,62-64H,3,5-6,8-31,34-42,45H2,1-2,4H3,(H,59,65). The van der Waals surface area contributed by atoms with Gasteiger partial charge in [-0.1, -0.05) is 160 Å². The van der Waals surface area contributed by atoms with E-state index in [1.54, 1.807) is 17.0 Å². The first-order valence-corrected chi connectivity index (χ1v) is 28.5. The summed E-state index contributed by atoms with van der Waals surface area (Å²) in [6.45, 7) is 9.77. The summed E-state index contributed by atoms with van der Waals surface area (Å²) in [6, 6.07) is 4.71. The van der Waals surface area contributed by atoms with Gasteiger partial charge in [0.1, 0.15) is 24.7 Å². The molecule has 1 aliphatic heterocycles. The van der Waals surface area contributed by atoms with E-state index in [-0.39, 0.29) is 77.0 Å². The smallest absolute Gasteiger partial charge is 0.412 e. The zero-order valence-corrected chi connectivity index (χ0v) is 44.9. The molecule has 4 rings (SSSR count). The van der Waals surface area contributed by atoms with Crippen LogP contribution in [0, 0.1) is 17.8 Å². The maximum absolute atomic E-state index is 14.7. The van der Waals surface area contributed by atoms with Gasteiger partial charge >= 0.3 is 12.2 Å². The summed E-state index contributed by atoms with van der Waals surface area (Å²) < 4.78 is 32.3. The number of hydrogen-bond donors (Lipinski definition) is 4. The Hall–Kier alpha value is -3.69. The predicted molar refractivity (Wildman–Crippen MR) is 286 cm³/mol. The Balaban J connectivity index is 1.69. The Morgan fingerprint density at radius 1 is 0.792 bits per heavy atom. The Bertz CT molecular complexity index is 1730. The Morgan fingerprint density at radius 3 is 2.03 bits per heavy atom. The van der Waals surface area contributed by atoms with Crippen molar-refractivity contribution in [3.63, 3.8) is 0 Å². The van der Waals surface area contributed by atoms with E-state index in [4.69, 9.17) is 28.5 Å². The molecule has 6 unspecified atom stereocenters. The first-order valence-electron chi connectivity index (χ1n) is 28.5. The first-order chi connectivity index (χ1) is 35.3. The van der Waals surface area contributed by atoms with Crippen LogP contribution in [0.25, 0.3) is 0 Å². The van der Waals surface area contributed by atoms with E-state index in [1.807, 2.05) is 12.1 Å². The normalized spacial score (nSPS) is 21.6. The van der Waals surface area contributed by atoms with Gasteiger partial charge in [0.2, 0.25) is 5.79 Å². The molecule has 410 valence electrons. The number of carbonyl (C=O) groups is 2. The third-order valence-electron chi connectivity index (χ3n) is 14.9. The van der Waals surface area contributed by atoms with Gasteiger partial charge in [-0.25, -0.2) is 9.59 Å².